The van der Waals surface area contributed by atoms with E-state index < -0.39 is 0 Å². The van der Waals surface area contributed by atoms with Crippen molar-refractivity contribution in [3.8, 4) is 0 Å². The maximum Gasteiger partial charge on any atom is 0.273 e. The molecule has 1 N–H and O–H groups in total. The second-order valence-electron chi connectivity index (χ2n) is 3.84. The highest BCUT2D eigenvalue weighted by Crippen LogP contribution is 2.09. The summed E-state index contributed by atoms with van der Waals surface area (Å²) in [7, 11) is 0. The molecule has 18 heavy (non-hydrogen) atoms. The van der Waals surface area contributed by atoms with E-state index in [1.165, 1.54) is 11.7 Å². The third-order valence-electron chi connectivity index (χ3n) is 2.58. The minimum atomic E-state index is -0.200. The van der Waals surface area contributed by atoms with E-state index in [2.05, 4.69) is 24.4 Å². The summed E-state index contributed by atoms with van der Waals surface area (Å²) < 4.78 is 9.95. The van der Waals surface area contributed by atoms with E-state index in [4.69, 9.17) is 0 Å². The van der Waals surface area contributed by atoms with Gasteiger partial charge < -0.3 is 5.32 Å². The lowest BCUT2D eigenvalue weighted by Gasteiger charge is -2.02. The SMILES string of the molecule is CCNC(=O)c1nnn(Cc2nsnc2C)c1C. The zero-order valence-corrected chi connectivity index (χ0v) is 11.3. The van der Waals surface area contributed by atoms with Gasteiger partial charge in [0.25, 0.3) is 5.91 Å². The summed E-state index contributed by atoms with van der Waals surface area (Å²) in [5.41, 5.74) is 2.83. The van der Waals surface area contributed by atoms with Crippen molar-refractivity contribution in [2.45, 2.75) is 27.3 Å². The predicted molar refractivity (Wildman–Crippen MR) is 66.5 cm³/mol. The number of rotatable bonds is 4. The van der Waals surface area contributed by atoms with Gasteiger partial charge in [-0.25, -0.2) is 4.68 Å². The lowest BCUT2D eigenvalue weighted by molar-refractivity contribution is 0.0950. The van der Waals surface area contributed by atoms with E-state index in [-0.39, 0.29) is 5.91 Å². The van der Waals surface area contributed by atoms with Crippen LogP contribution in [0.5, 0.6) is 0 Å². The van der Waals surface area contributed by atoms with Crippen LogP contribution >= 0.6 is 11.7 Å². The Hall–Kier alpha value is -1.83. The van der Waals surface area contributed by atoms with Crippen molar-refractivity contribution in [1.82, 2.24) is 29.1 Å². The van der Waals surface area contributed by atoms with Gasteiger partial charge in [0.1, 0.15) is 0 Å². The van der Waals surface area contributed by atoms with Gasteiger partial charge in [0, 0.05) is 6.54 Å². The molecule has 96 valence electrons. The zero-order chi connectivity index (χ0) is 13.1. The first-order valence-corrected chi connectivity index (χ1v) is 6.32. The number of nitrogens with zero attached hydrogens (tertiary/aromatic N) is 5. The number of hydrogen-bond donors (Lipinski definition) is 1. The summed E-state index contributed by atoms with van der Waals surface area (Å²) in [5.74, 6) is -0.200. The van der Waals surface area contributed by atoms with Gasteiger partial charge in [-0.1, -0.05) is 5.21 Å². The molecule has 0 fully saturated rings. The van der Waals surface area contributed by atoms with Crippen LogP contribution in [0.2, 0.25) is 0 Å². The first-order valence-electron chi connectivity index (χ1n) is 5.59. The monoisotopic (exact) mass is 266 g/mol. The summed E-state index contributed by atoms with van der Waals surface area (Å²) in [6.07, 6.45) is 0. The highest BCUT2D eigenvalue weighted by Gasteiger charge is 2.16. The molecule has 0 aromatic carbocycles. The number of amides is 1. The van der Waals surface area contributed by atoms with Gasteiger partial charge in [-0.3, -0.25) is 4.79 Å². The molecule has 0 saturated carbocycles. The Morgan fingerprint density at radius 2 is 2.17 bits per heavy atom. The maximum atomic E-state index is 11.7. The van der Waals surface area contributed by atoms with Crippen molar-refractivity contribution in [3.05, 3.63) is 22.8 Å². The molecule has 0 saturated heterocycles. The third kappa shape index (κ3) is 2.37. The highest BCUT2D eigenvalue weighted by atomic mass is 32.1. The van der Waals surface area contributed by atoms with E-state index in [9.17, 15) is 4.79 Å². The van der Waals surface area contributed by atoms with Crippen molar-refractivity contribution in [2.24, 2.45) is 0 Å². The molecule has 0 atom stereocenters. The minimum absolute atomic E-state index is 0.200. The Balaban J connectivity index is 2.21. The normalized spacial score (nSPS) is 10.6. The van der Waals surface area contributed by atoms with Crippen molar-refractivity contribution < 1.29 is 4.79 Å². The third-order valence-corrected chi connectivity index (χ3v) is 3.24. The zero-order valence-electron chi connectivity index (χ0n) is 10.5. The van der Waals surface area contributed by atoms with Crippen LogP contribution in [0, 0.1) is 13.8 Å². The molecule has 2 aromatic heterocycles. The van der Waals surface area contributed by atoms with Crippen molar-refractivity contribution in [1.29, 1.82) is 0 Å². The van der Waals surface area contributed by atoms with Crippen molar-refractivity contribution in [2.75, 3.05) is 6.54 Å². The number of carbonyl (C=O) groups excluding carboxylic acids is 1. The topological polar surface area (TPSA) is 85.6 Å². The molecule has 2 aromatic rings. The highest BCUT2D eigenvalue weighted by molar-refractivity contribution is 6.99. The Bertz CT molecular complexity index is 560. The summed E-state index contributed by atoms with van der Waals surface area (Å²) >= 11 is 1.17. The molecule has 0 aliphatic heterocycles. The fourth-order valence-corrected chi connectivity index (χ4v) is 2.06. The Morgan fingerprint density at radius 1 is 1.39 bits per heavy atom. The minimum Gasteiger partial charge on any atom is -0.351 e. The fraction of sp³-hybridized carbons (Fsp3) is 0.500. The summed E-state index contributed by atoms with van der Waals surface area (Å²) in [6.45, 7) is 6.64. The van der Waals surface area contributed by atoms with Crippen molar-refractivity contribution in [3.63, 3.8) is 0 Å². The Morgan fingerprint density at radius 3 is 2.78 bits per heavy atom. The van der Waals surface area contributed by atoms with Crippen LogP contribution in [0.25, 0.3) is 0 Å². The van der Waals surface area contributed by atoms with Crippen LogP contribution < -0.4 is 5.32 Å². The number of nitrogens with one attached hydrogen (secondary N) is 1. The smallest absolute Gasteiger partial charge is 0.273 e. The molecule has 2 rings (SSSR count). The van der Waals surface area contributed by atoms with Gasteiger partial charge in [0.2, 0.25) is 0 Å². The second-order valence-corrected chi connectivity index (χ2v) is 4.37. The quantitative estimate of drug-likeness (QED) is 0.873. The summed E-state index contributed by atoms with van der Waals surface area (Å²) in [5, 5.41) is 10.6. The van der Waals surface area contributed by atoms with Crippen LogP contribution in [0.1, 0.15) is 34.5 Å². The average Bonchev–Trinajstić information content (AvgIpc) is 2.89. The lowest BCUT2D eigenvalue weighted by Crippen LogP contribution is -2.24. The first-order chi connectivity index (χ1) is 8.63. The standard InChI is InChI=1S/C10H14N6OS/c1-4-11-10(17)9-7(3)16(15-12-9)5-8-6(2)13-18-14-8/h4-5H2,1-3H3,(H,11,17). The average molecular weight is 266 g/mol. The van der Waals surface area contributed by atoms with Gasteiger partial charge in [0.05, 0.1) is 35.4 Å². The largest absolute Gasteiger partial charge is 0.351 e. The Kier molecular flexibility index (Phi) is 3.66. The maximum absolute atomic E-state index is 11.7. The van der Waals surface area contributed by atoms with E-state index in [0.29, 0.717) is 18.8 Å². The molecule has 7 nitrogen and oxygen atoms in total. The molecule has 2 heterocycles. The lowest BCUT2D eigenvalue weighted by atomic mass is 10.3. The molecule has 0 radical (unpaired) electrons. The summed E-state index contributed by atoms with van der Waals surface area (Å²) in [4.78, 5) is 11.7. The molecule has 0 aliphatic carbocycles. The molecule has 0 bridgehead atoms. The number of aryl methyl sites for hydroxylation is 1. The van der Waals surface area contributed by atoms with Gasteiger partial charge in [-0.2, -0.15) is 8.75 Å². The molecule has 1 amide bonds. The molecule has 8 heteroatoms. The predicted octanol–water partition coefficient (Wildman–Crippen LogP) is 0.544. The summed E-state index contributed by atoms with van der Waals surface area (Å²) in [6, 6.07) is 0. The van der Waals surface area contributed by atoms with Gasteiger partial charge in [-0.15, -0.1) is 5.10 Å². The number of aromatic nitrogens is 5. The van der Waals surface area contributed by atoms with E-state index in [0.717, 1.165) is 17.1 Å². The van der Waals surface area contributed by atoms with Crippen LogP contribution in [0.3, 0.4) is 0 Å². The molecular weight excluding hydrogens is 252 g/mol. The number of hydrogen-bond acceptors (Lipinski definition) is 6. The number of carbonyl (C=O) groups is 1. The Labute approximate surface area is 109 Å². The van der Waals surface area contributed by atoms with Crippen molar-refractivity contribution >= 4 is 17.6 Å². The van der Waals surface area contributed by atoms with Crippen LogP contribution in [0.4, 0.5) is 0 Å². The van der Waals surface area contributed by atoms with Crippen LogP contribution in [-0.2, 0) is 6.54 Å². The molecule has 0 aliphatic rings. The van der Waals surface area contributed by atoms with Crippen LogP contribution in [0.15, 0.2) is 0 Å². The van der Waals surface area contributed by atoms with E-state index in [1.807, 2.05) is 20.8 Å². The first kappa shape index (κ1) is 12.6. The van der Waals surface area contributed by atoms with Gasteiger partial charge in [-0.05, 0) is 20.8 Å². The second kappa shape index (κ2) is 5.21. The molecule has 0 spiro atoms. The van der Waals surface area contributed by atoms with E-state index in [1.54, 1.807) is 4.68 Å². The van der Waals surface area contributed by atoms with Gasteiger partial charge >= 0.3 is 0 Å². The van der Waals surface area contributed by atoms with E-state index >= 15 is 0 Å². The van der Waals surface area contributed by atoms with Gasteiger partial charge in [0.15, 0.2) is 5.69 Å². The fourth-order valence-electron chi connectivity index (χ4n) is 1.50. The van der Waals surface area contributed by atoms with Crippen LogP contribution in [-0.4, -0.2) is 36.2 Å². The molecular formula is C10H14N6OS. The molecule has 0 unspecified atom stereocenters.